The van der Waals surface area contributed by atoms with E-state index in [4.69, 9.17) is 15.3 Å². The summed E-state index contributed by atoms with van der Waals surface area (Å²) in [6.07, 6.45) is 3.06. The summed E-state index contributed by atoms with van der Waals surface area (Å²) in [5.74, 6) is -0.00725. The Morgan fingerprint density at radius 2 is 1.48 bits per heavy atom. The number of aryl methyl sites for hydroxylation is 2. The summed E-state index contributed by atoms with van der Waals surface area (Å²) < 4.78 is 5.52. The Bertz CT molecular complexity index is 1090. The quantitative estimate of drug-likeness (QED) is 0.339. The maximum Gasteiger partial charge on any atom is 0.343 e. The molecule has 0 aliphatic rings. The fourth-order valence-electron chi connectivity index (χ4n) is 2.91. The van der Waals surface area contributed by atoms with Crippen LogP contribution in [0.1, 0.15) is 27.0 Å². The average molecular weight is 378 g/mol. The van der Waals surface area contributed by atoms with E-state index in [9.17, 15) is 4.79 Å². The molecule has 4 nitrogen and oxygen atoms in total. The second-order valence-corrected chi connectivity index (χ2v) is 6.38. The maximum atomic E-state index is 12.7. The summed E-state index contributed by atoms with van der Waals surface area (Å²) in [5, 5.41) is 17.6. The Hall–Kier alpha value is -4.15. The predicted octanol–water partition coefficient (Wildman–Crippen LogP) is 5.12. The van der Waals surface area contributed by atoms with Gasteiger partial charge in [-0.15, -0.1) is 0 Å². The summed E-state index contributed by atoms with van der Waals surface area (Å²) in [6, 6.07) is 27.9. The van der Waals surface area contributed by atoms with Crippen molar-refractivity contribution in [1.29, 1.82) is 10.5 Å². The minimum atomic E-state index is -0.410. The molecule has 0 N–H and O–H groups in total. The van der Waals surface area contributed by atoms with Gasteiger partial charge in [-0.05, 0) is 53.8 Å². The van der Waals surface area contributed by atoms with Gasteiger partial charge in [-0.25, -0.2) is 4.79 Å². The van der Waals surface area contributed by atoms with Crippen LogP contribution >= 0.6 is 0 Å². The van der Waals surface area contributed by atoms with E-state index in [-0.39, 0.29) is 5.57 Å². The molecular formula is C25H18N2O2. The van der Waals surface area contributed by atoms with E-state index in [1.165, 1.54) is 11.6 Å². The number of benzene rings is 3. The van der Waals surface area contributed by atoms with Crippen LogP contribution in [-0.2, 0) is 12.8 Å². The lowest BCUT2D eigenvalue weighted by molar-refractivity contribution is 0.0733. The van der Waals surface area contributed by atoms with Crippen LogP contribution in [0.3, 0.4) is 0 Å². The van der Waals surface area contributed by atoms with Gasteiger partial charge in [0, 0.05) is 0 Å². The zero-order valence-corrected chi connectivity index (χ0v) is 15.7. The molecule has 0 aliphatic heterocycles. The lowest BCUT2D eigenvalue weighted by Gasteiger charge is -2.10. The molecule has 0 saturated heterocycles. The molecular weight excluding hydrogens is 360 g/mol. The van der Waals surface area contributed by atoms with Gasteiger partial charge >= 0.3 is 5.97 Å². The monoisotopic (exact) mass is 378 g/mol. The van der Waals surface area contributed by atoms with Crippen molar-refractivity contribution >= 4 is 12.0 Å². The molecule has 0 atom stereocenters. The lowest BCUT2D eigenvalue weighted by Crippen LogP contribution is -2.11. The van der Waals surface area contributed by atoms with Crippen LogP contribution in [-0.4, -0.2) is 5.97 Å². The number of ether oxygens (including phenoxy) is 1. The molecule has 0 spiro atoms. The largest absolute Gasteiger partial charge is 0.423 e. The Morgan fingerprint density at radius 3 is 2.17 bits per heavy atom. The van der Waals surface area contributed by atoms with E-state index < -0.39 is 5.97 Å². The molecule has 0 saturated carbocycles. The van der Waals surface area contributed by atoms with E-state index in [0.717, 1.165) is 18.4 Å². The van der Waals surface area contributed by atoms with Gasteiger partial charge in [0.05, 0.1) is 5.56 Å². The molecule has 0 radical (unpaired) electrons. The zero-order chi connectivity index (χ0) is 20.5. The van der Waals surface area contributed by atoms with Gasteiger partial charge in [0.2, 0.25) is 0 Å². The Kier molecular flexibility index (Phi) is 6.55. The van der Waals surface area contributed by atoms with Crippen molar-refractivity contribution < 1.29 is 9.53 Å². The minimum Gasteiger partial charge on any atom is -0.423 e. The van der Waals surface area contributed by atoms with Crippen molar-refractivity contribution in [3.8, 4) is 17.9 Å². The zero-order valence-electron chi connectivity index (χ0n) is 15.7. The molecule has 3 aromatic carbocycles. The van der Waals surface area contributed by atoms with Gasteiger partial charge in [0.15, 0.2) is 0 Å². The van der Waals surface area contributed by atoms with E-state index >= 15 is 0 Å². The van der Waals surface area contributed by atoms with Crippen LogP contribution in [0.25, 0.3) is 6.08 Å². The van der Waals surface area contributed by atoms with Crippen LogP contribution in [0.15, 0.2) is 84.4 Å². The third kappa shape index (κ3) is 5.42. The Morgan fingerprint density at radius 1 is 0.828 bits per heavy atom. The minimum absolute atomic E-state index is 0.0158. The first-order chi connectivity index (χ1) is 14.2. The second-order valence-electron chi connectivity index (χ2n) is 6.38. The molecule has 0 bridgehead atoms. The highest BCUT2D eigenvalue weighted by Gasteiger charge is 2.13. The number of esters is 1. The maximum absolute atomic E-state index is 12.7. The van der Waals surface area contributed by atoms with E-state index in [1.807, 2.05) is 48.5 Å². The number of carbonyl (C=O) groups excluding carboxylic acids is 1. The number of carbonyl (C=O) groups is 1. The van der Waals surface area contributed by atoms with Crippen molar-refractivity contribution in [2.24, 2.45) is 0 Å². The fraction of sp³-hybridized carbons (Fsp3) is 0.0800. The Labute approximate surface area is 169 Å². The molecule has 4 heteroatoms. The van der Waals surface area contributed by atoms with Crippen molar-refractivity contribution in [1.82, 2.24) is 0 Å². The van der Waals surface area contributed by atoms with Crippen molar-refractivity contribution in [3.05, 3.63) is 107 Å². The highest BCUT2D eigenvalue weighted by molar-refractivity contribution is 5.92. The lowest BCUT2D eigenvalue weighted by atomic mass is 10.00. The first kappa shape index (κ1) is 19.6. The fourth-order valence-corrected chi connectivity index (χ4v) is 2.91. The summed E-state index contributed by atoms with van der Waals surface area (Å²) in [5.41, 5.74) is 3.40. The van der Waals surface area contributed by atoms with Crippen LogP contribution in [0.4, 0.5) is 0 Å². The molecule has 0 unspecified atom stereocenters. The van der Waals surface area contributed by atoms with E-state index in [0.29, 0.717) is 16.9 Å². The number of hydrogen-bond donors (Lipinski definition) is 0. The number of nitriles is 2. The van der Waals surface area contributed by atoms with E-state index in [1.54, 1.807) is 30.3 Å². The summed E-state index contributed by atoms with van der Waals surface area (Å²) in [4.78, 5) is 12.7. The SMILES string of the molecule is N#CC(C#N)=Cc1ccc(OC(=O)c2ccccc2CCc2ccccc2)cc1. The molecule has 0 fully saturated rings. The second kappa shape index (κ2) is 9.69. The third-order valence-corrected chi connectivity index (χ3v) is 4.41. The highest BCUT2D eigenvalue weighted by atomic mass is 16.5. The van der Waals surface area contributed by atoms with Gasteiger partial charge in [0.25, 0.3) is 0 Å². The number of hydrogen-bond acceptors (Lipinski definition) is 4. The molecule has 0 aliphatic carbocycles. The van der Waals surface area contributed by atoms with Crippen molar-refractivity contribution in [3.63, 3.8) is 0 Å². The van der Waals surface area contributed by atoms with Gasteiger partial charge in [-0.1, -0.05) is 60.7 Å². The summed E-state index contributed by atoms with van der Waals surface area (Å²) in [6.45, 7) is 0. The summed E-state index contributed by atoms with van der Waals surface area (Å²) >= 11 is 0. The van der Waals surface area contributed by atoms with E-state index in [2.05, 4.69) is 12.1 Å². The van der Waals surface area contributed by atoms with Gasteiger partial charge in [0.1, 0.15) is 23.5 Å². The standard InChI is InChI=1S/C25H18N2O2/c26-17-21(18-27)16-20-11-14-23(15-12-20)29-25(28)24-9-5-4-8-22(24)13-10-19-6-2-1-3-7-19/h1-9,11-12,14-16H,10,13H2. The molecule has 140 valence electrons. The Balaban J connectivity index is 1.70. The van der Waals surface area contributed by atoms with Crippen LogP contribution < -0.4 is 4.74 Å². The first-order valence-electron chi connectivity index (χ1n) is 9.15. The van der Waals surface area contributed by atoms with Crippen LogP contribution in [0, 0.1) is 22.7 Å². The molecule has 0 heterocycles. The molecule has 3 aromatic rings. The van der Waals surface area contributed by atoms with Crippen molar-refractivity contribution in [2.45, 2.75) is 12.8 Å². The van der Waals surface area contributed by atoms with Gasteiger partial charge in [-0.2, -0.15) is 10.5 Å². The molecule has 3 rings (SSSR count). The van der Waals surface area contributed by atoms with Crippen LogP contribution in [0.2, 0.25) is 0 Å². The van der Waals surface area contributed by atoms with Gasteiger partial charge in [-0.3, -0.25) is 0 Å². The van der Waals surface area contributed by atoms with Gasteiger partial charge < -0.3 is 4.74 Å². The highest BCUT2D eigenvalue weighted by Crippen LogP contribution is 2.19. The molecule has 0 amide bonds. The first-order valence-corrected chi connectivity index (χ1v) is 9.15. The molecule has 0 aromatic heterocycles. The van der Waals surface area contributed by atoms with Crippen molar-refractivity contribution in [2.75, 3.05) is 0 Å². The predicted molar refractivity (Wildman–Crippen MR) is 111 cm³/mol. The molecule has 29 heavy (non-hydrogen) atoms. The number of nitrogens with zero attached hydrogens (tertiary/aromatic N) is 2. The number of rotatable bonds is 6. The normalized spacial score (nSPS) is 9.72. The number of allylic oxidation sites excluding steroid dienone is 1. The third-order valence-electron chi connectivity index (χ3n) is 4.41. The smallest absolute Gasteiger partial charge is 0.343 e. The summed E-state index contributed by atoms with van der Waals surface area (Å²) in [7, 11) is 0. The van der Waals surface area contributed by atoms with Crippen LogP contribution in [0.5, 0.6) is 5.75 Å². The average Bonchev–Trinajstić information content (AvgIpc) is 2.78. The topological polar surface area (TPSA) is 73.9 Å².